The van der Waals surface area contributed by atoms with Gasteiger partial charge in [0.25, 0.3) is 0 Å². The molecule has 1 aliphatic rings. The van der Waals surface area contributed by atoms with Crippen LogP contribution in [0.5, 0.6) is 0 Å². The molecule has 0 atom stereocenters. The van der Waals surface area contributed by atoms with Crippen molar-refractivity contribution in [1.29, 1.82) is 0 Å². The highest BCUT2D eigenvalue weighted by Crippen LogP contribution is 2.13. The van der Waals surface area contributed by atoms with Crippen LogP contribution in [-0.2, 0) is 12.8 Å². The van der Waals surface area contributed by atoms with E-state index in [4.69, 9.17) is 0 Å². The number of aliphatic imine (C=N–C) groups is 1. The average molecular weight is 292 g/mol. The standard InChI is InChI=1S/C15H24N4S/c1-3-13-11-18-14(20-13)9-10-17-15(16-4-2)19-12-7-5-6-8-12/h5-6,11-12H,3-4,7-10H2,1-2H3,(H2,16,17,19). The molecular weight excluding hydrogens is 268 g/mol. The zero-order valence-electron chi connectivity index (χ0n) is 12.4. The third kappa shape index (κ3) is 4.63. The summed E-state index contributed by atoms with van der Waals surface area (Å²) in [6, 6.07) is 0.499. The van der Waals surface area contributed by atoms with E-state index in [0.29, 0.717) is 6.04 Å². The highest BCUT2D eigenvalue weighted by Gasteiger charge is 2.11. The number of hydrogen-bond acceptors (Lipinski definition) is 3. The number of thiazole rings is 1. The highest BCUT2D eigenvalue weighted by atomic mass is 32.1. The summed E-state index contributed by atoms with van der Waals surface area (Å²) in [7, 11) is 0. The first-order valence-corrected chi connectivity index (χ1v) is 8.26. The Balaban J connectivity index is 1.81. The Labute approximate surface area is 125 Å². The molecule has 4 nitrogen and oxygen atoms in total. The van der Waals surface area contributed by atoms with Crippen molar-refractivity contribution >= 4 is 17.3 Å². The largest absolute Gasteiger partial charge is 0.357 e. The molecule has 1 aromatic rings. The molecule has 0 amide bonds. The van der Waals surface area contributed by atoms with Crippen LogP contribution in [0.25, 0.3) is 0 Å². The van der Waals surface area contributed by atoms with E-state index in [1.807, 2.05) is 6.20 Å². The second-order valence-electron chi connectivity index (χ2n) is 4.87. The van der Waals surface area contributed by atoms with Gasteiger partial charge >= 0.3 is 0 Å². The van der Waals surface area contributed by atoms with E-state index in [1.54, 1.807) is 11.3 Å². The molecule has 0 radical (unpaired) electrons. The normalized spacial score (nSPS) is 15.8. The molecule has 0 bridgehead atoms. The lowest BCUT2D eigenvalue weighted by molar-refractivity contribution is 0.633. The molecule has 2 N–H and O–H groups in total. The minimum atomic E-state index is 0.499. The minimum absolute atomic E-state index is 0.499. The molecule has 20 heavy (non-hydrogen) atoms. The Bertz CT molecular complexity index is 456. The first-order chi connectivity index (χ1) is 9.81. The van der Waals surface area contributed by atoms with Gasteiger partial charge in [-0.15, -0.1) is 11.3 Å². The molecule has 5 heteroatoms. The SMILES string of the molecule is CCNC(=NCCc1ncc(CC)s1)NC1CC=CC1. The molecule has 1 heterocycles. The molecule has 0 saturated carbocycles. The number of aromatic nitrogens is 1. The van der Waals surface area contributed by atoms with Gasteiger partial charge in [0.2, 0.25) is 0 Å². The predicted octanol–water partition coefficient (Wildman–Crippen LogP) is 2.52. The van der Waals surface area contributed by atoms with Crippen LogP contribution in [0.1, 0.15) is 36.6 Å². The van der Waals surface area contributed by atoms with Crippen LogP contribution in [0.15, 0.2) is 23.3 Å². The second-order valence-corrected chi connectivity index (χ2v) is 6.07. The second kappa shape index (κ2) is 8.04. The smallest absolute Gasteiger partial charge is 0.191 e. The molecule has 1 aromatic heterocycles. The van der Waals surface area contributed by atoms with E-state index >= 15 is 0 Å². The third-order valence-electron chi connectivity index (χ3n) is 3.24. The summed E-state index contributed by atoms with van der Waals surface area (Å²) < 4.78 is 0. The Kier molecular flexibility index (Phi) is 6.05. The molecule has 0 spiro atoms. The van der Waals surface area contributed by atoms with Crippen molar-refractivity contribution < 1.29 is 0 Å². The molecule has 1 aliphatic carbocycles. The molecule has 0 aromatic carbocycles. The van der Waals surface area contributed by atoms with E-state index in [9.17, 15) is 0 Å². The zero-order chi connectivity index (χ0) is 14.2. The topological polar surface area (TPSA) is 49.3 Å². The summed E-state index contributed by atoms with van der Waals surface area (Å²) in [5.74, 6) is 0.925. The molecule has 0 unspecified atom stereocenters. The van der Waals surface area contributed by atoms with Crippen molar-refractivity contribution in [2.45, 2.75) is 45.6 Å². The maximum absolute atomic E-state index is 4.64. The van der Waals surface area contributed by atoms with E-state index in [0.717, 1.165) is 44.7 Å². The van der Waals surface area contributed by atoms with Crippen molar-refractivity contribution in [3.63, 3.8) is 0 Å². The lowest BCUT2D eigenvalue weighted by Crippen LogP contribution is -2.42. The van der Waals surface area contributed by atoms with Gasteiger partial charge in [-0.05, 0) is 26.2 Å². The fraction of sp³-hybridized carbons (Fsp3) is 0.600. The van der Waals surface area contributed by atoms with Crippen LogP contribution in [0.2, 0.25) is 0 Å². The first-order valence-electron chi connectivity index (χ1n) is 7.45. The van der Waals surface area contributed by atoms with Gasteiger partial charge in [0, 0.05) is 36.6 Å². The number of hydrogen-bond donors (Lipinski definition) is 2. The molecule has 0 saturated heterocycles. The van der Waals surface area contributed by atoms with E-state index in [1.165, 1.54) is 9.88 Å². The Morgan fingerprint density at radius 1 is 1.40 bits per heavy atom. The molecular formula is C15H24N4S. The van der Waals surface area contributed by atoms with Gasteiger partial charge in [-0.1, -0.05) is 19.1 Å². The van der Waals surface area contributed by atoms with Crippen LogP contribution < -0.4 is 10.6 Å². The molecule has 0 fully saturated rings. The van der Waals surface area contributed by atoms with Gasteiger partial charge in [0.15, 0.2) is 5.96 Å². The lowest BCUT2D eigenvalue weighted by atomic mass is 10.2. The van der Waals surface area contributed by atoms with E-state index < -0.39 is 0 Å². The maximum atomic E-state index is 4.64. The summed E-state index contributed by atoms with van der Waals surface area (Å²) >= 11 is 1.80. The van der Waals surface area contributed by atoms with Gasteiger partial charge in [0.1, 0.15) is 0 Å². The van der Waals surface area contributed by atoms with Crippen LogP contribution >= 0.6 is 11.3 Å². The number of nitrogens with zero attached hydrogens (tertiary/aromatic N) is 2. The highest BCUT2D eigenvalue weighted by molar-refractivity contribution is 7.11. The number of guanidine groups is 1. The lowest BCUT2D eigenvalue weighted by Gasteiger charge is -2.16. The maximum Gasteiger partial charge on any atom is 0.191 e. The van der Waals surface area contributed by atoms with Crippen molar-refractivity contribution in [3.8, 4) is 0 Å². The quantitative estimate of drug-likeness (QED) is 0.481. The molecule has 110 valence electrons. The monoisotopic (exact) mass is 292 g/mol. The van der Waals surface area contributed by atoms with Crippen LogP contribution in [0.3, 0.4) is 0 Å². The van der Waals surface area contributed by atoms with Gasteiger partial charge in [-0.25, -0.2) is 4.98 Å². The number of rotatable bonds is 6. The van der Waals surface area contributed by atoms with Gasteiger partial charge in [-0.2, -0.15) is 0 Å². The number of aryl methyl sites for hydroxylation is 1. The average Bonchev–Trinajstić information content (AvgIpc) is 3.10. The number of nitrogens with one attached hydrogen (secondary N) is 2. The summed E-state index contributed by atoms with van der Waals surface area (Å²) in [6.45, 7) is 5.94. The summed E-state index contributed by atoms with van der Waals surface area (Å²) in [5, 5.41) is 7.97. The van der Waals surface area contributed by atoms with Crippen LogP contribution in [0.4, 0.5) is 0 Å². The summed E-state index contributed by atoms with van der Waals surface area (Å²) in [5.41, 5.74) is 0. The molecule has 0 aliphatic heterocycles. The van der Waals surface area contributed by atoms with Crippen molar-refractivity contribution in [2.75, 3.05) is 13.1 Å². The summed E-state index contributed by atoms with van der Waals surface area (Å²) in [6.07, 6.45) is 10.6. The summed E-state index contributed by atoms with van der Waals surface area (Å²) in [4.78, 5) is 10.4. The van der Waals surface area contributed by atoms with Crippen molar-refractivity contribution in [1.82, 2.24) is 15.6 Å². The van der Waals surface area contributed by atoms with Gasteiger partial charge < -0.3 is 10.6 Å². The van der Waals surface area contributed by atoms with Crippen LogP contribution in [-0.4, -0.2) is 30.1 Å². The Morgan fingerprint density at radius 2 is 2.20 bits per heavy atom. The minimum Gasteiger partial charge on any atom is -0.357 e. The van der Waals surface area contributed by atoms with Crippen molar-refractivity contribution in [3.05, 3.63) is 28.2 Å². The first kappa shape index (κ1) is 15.0. The fourth-order valence-electron chi connectivity index (χ4n) is 2.14. The Hall–Kier alpha value is -1.36. The Morgan fingerprint density at radius 3 is 2.85 bits per heavy atom. The predicted molar refractivity (Wildman–Crippen MR) is 86.5 cm³/mol. The van der Waals surface area contributed by atoms with Crippen LogP contribution in [0, 0.1) is 0 Å². The van der Waals surface area contributed by atoms with Gasteiger partial charge in [-0.3, -0.25) is 4.99 Å². The molecule has 2 rings (SSSR count). The zero-order valence-corrected chi connectivity index (χ0v) is 13.2. The van der Waals surface area contributed by atoms with E-state index in [-0.39, 0.29) is 0 Å². The van der Waals surface area contributed by atoms with E-state index in [2.05, 4.69) is 46.6 Å². The fourth-order valence-corrected chi connectivity index (χ4v) is 2.99. The van der Waals surface area contributed by atoms with Crippen molar-refractivity contribution in [2.24, 2.45) is 4.99 Å². The van der Waals surface area contributed by atoms with Gasteiger partial charge in [0.05, 0.1) is 5.01 Å². The third-order valence-corrected chi connectivity index (χ3v) is 4.44.